The zero-order valence-electron chi connectivity index (χ0n) is 13.1. The Labute approximate surface area is 127 Å². The molecule has 3 aliphatic carbocycles. The van der Waals surface area contributed by atoms with Crippen molar-refractivity contribution in [3.05, 3.63) is 46.5 Å². The molecule has 4 rings (SSSR count). The first-order valence-corrected chi connectivity index (χ1v) is 8.43. The molecule has 0 aromatic heterocycles. The quantitative estimate of drug-likeness (QED) is 0.708. The van der Waals surface area contributed by atoms with Crippen molar-refractivity contribution >= 4 is 5.78 Å². The SMILES string of the molecule is CC(C)Cc1cccc2c1C1(CCC2=O)CC2=CCC1C2. The summed E-state index contributed by atoms with van der Waals surface area (Å²) in [5.41, 5.74) is 5.89. The van der Waals surface area contributed by atoms with E-state index in [2.05, 4.69) is 38.1 Å². The van der Waals surface area contributed by atoms with Gasteiger partial charge in [-0.15, -0.1) is 0 Å². The molecule has 1 aromatic carbocycles. The summed E-state index contributed by atoms with van der Waals surface area (Å²) in [7, 11) is 0. The second-order valence-electron chi connectivity index (χ2n) is 7.69. The summed E-state index contributed by atoms with van der Waals surface area (Å²) in [6.45, 7) is 4.56. The van der Waals surface area contributed by atoms with Crippen molar-refractivity contribution in [2.24, 2.45) is 11.8 Å². The molecular formula is C20H24O. The predicted molar refractivity (Wildman–Crippen MR) is 85.7 cm³/mol. The monoisotopic (exact) mass is 280 g/mol. The van der Waals surface area contributed by atoms with E-state index in [0.717, 1.165) is 30.7 Å². The zero-order valence-corrected chi connectivity index (χ0v) is 13.1. The third-order valence-corrected chi connectivity index (χ3v) is 5.90. The number of carbonyl (C=O) groups is 1. The van der Waals surface area contributed by atoms with Crippen molar-refractivity contribution in [2.45, 2.75) is 57.8 Å². The van der Waals surface area contributed by atoms with Gasteiger partial charge in [-0.05, 0) is 55.1 Å². The smallest absolute Gasteiger partial charge is 0.163 e. The lowest BCUT2D eigenvalue weighted by Gasteiger charge is -2.42. The standard InChI is InChI=1S/C20H24O/c1-13(2)10-15-4-3-5-17-18(21)8-9-20(19(15)17)12-14-6-7-16(20)11-14/h3-6,13,16H,7-12H2,1-2H3. The lowest BCUT2D eigenvalue weighted by atomic mass is 9.60. The first-order valence-electron chi connectivity index (χ1n) is 8.43. The molecule has 0 aliphatic heterocycles. The van der Waals surface area contributed by atoms with Crippen LogP contribution in [0.3, 0.4) is 0 Å². The summed E-state index contributed by atoms with van der Waals surface area (Å²) >= 11 is 0. The molecule has 110 valence electrons. The van der Waals surface area contributed by atoms with E-state index in [-0.39, 0.29) is 0 Å². The molecule has 0 N–H and O–H groups in total. The Morgan fingerprint density at radius 3 is 2.86 bits per heavy atom. The minimum atomic E-state index is 0.290. The average Bonchev–Trinajstić information content (AvgIpc) is 3.04. The first kappa shape index (κ1) is 13.3. The van der Waals surface area contributed by atoms with Crippen molar-refractivity contribution in [1.29, 1.82) is 0 Å². The molecule has 1 saturated carbocycles. The van der Waals surface area contributed by atoms with Crippen LogP contribution in [0.2, 0.25) is 0 Å². The molecule has 2 bridgehead atoms. The predicted octanol–water partition coefficient (Wildman–Crippen LogP) is 4.84. The number of ketones is 1. The van der Waals surface area contributed by atoms with Crippen LogP contribution in [0, 0.1) is 11.8 Å². The molecule has 1 nitrogen and oxygen atoms in total. The second kappa shape index (κ2) is 4.56. The van der Waals surface area contributed by atoms with Crippen LogP contribution >= 0.6 is 0 Å². The molecule has 2 atom stereocenters. The van der Waals surface area contributed by atoms with Crippen LogP contribution in [0.15, 0.2) is 29.8 Å². The van der Waals surface area contributed by atoms with Crippen LogP contribution in [-0.4, -0.2) is 5.78 Å². The first-order chi connectivity index (χ1) is 10.1. The van der Waals surface area contributed by atoms with Crippen LogP contribution in [0.25, 0.3) is 0 Å². The molecular weight excluding hydrogens is 256 g/mol. The van der Waals surface area contributed by atoms with E-state index in [1.54, 1.807) is 5.57 Å². The van der Waals surface area contributed by atoms with E-state index >= 15 is 0 Å². The number of hydrogen-bond donors (Lipinski definition) is 0. The second-order valence-corrected chi connectivity index (χ2v) is 7.69. The molecule has 0 radical (unpaired) electrons. The fourth-order valence-electron chi connectivity index (χ4n) is 5.12. The maximum absolute atomic E-state index is 12.5. The van der Waals surface area contributed by atoms with Gasteiger partial charge in [-0.3, -0.25) is 4.79 Å². The van der Waals surface area contributed by atoms with Crippen molar-refractivity contribution in [2.75, 3.05) is 0 Å². The fraction of sp³-hybridized carbons (Fsp3) is 0.550. The topological polar surface area (TPSA) is 17.1 Å². The lowest BCUT2D eigenvalue weighted by molar-refractivity contribution is 0.0938. The molecule has 0 amide bonds. The Bertz CT molecular complexity index is 637. The molecule has 0 saturated heterocycles. The Hall–Kier alpha value is -1.37. The van der Waals surface area contributed by atoms with Crippen molar-refractivity contribution < 1.29 is 4.79 Å². The van der Waals surface area contributed by atoms with Gasteiger partial charge >= 0.3 is 0 Å². The minimum absolute atomic E-state index is 0.290. The molecule has 0 heterocycles. The zero-order chi connectivity index (χ0) is 14.6. The largest absolute Gasteiger partial charge is 0.294 e. The highest BCUT2D eigenvalue weighted by Crippen LogP contribution is 2.59. The van der Waals surface area contributed by atoms with Crippen LogP contribution in [0.4, 0.5) is 0 Å². The maximum Gasteiger partial charge on any atom is 0.163 e. The number of allylic oxidation sites excluding steroid dienone is 2. The lowest BCUT2D eigenvalue weighted by Crippen LogP contribution is -2.38. The van der Waals surface area contributed by atoms with E-state index in [1.807, 2.05) is 0 Å². The van der Waals surface area contributed by atoms with Gasteiger partial charge in [0, 0.05) is 17.4 Å². The number of benzene rings is 1. The van der Waals surface area contributed by atoms with Crippen LogP contribution in [0.1, 0.15) is 67.4 Å². The maximum atomic E-state index is 12.5. The van der Waals surface area contributed by atoms with Gasteiger partial charge in [-0.25, -0.2) is 0 Å². The van der Waals surface area contributed by atoms with Gasteiger partial charge in [0.05, 0.1) is 0 Å². The number of carbonyl (C=O) groups excluding carboxylic acids is 1. The van der Waals surface area contributed by atoms with Crippen LogP contribution in [0.5, 0.6) is 0 Å². The number of fused-ring (bicyclic) bond motifs is 5. The Kier molecular flexibility index (Phi) is 2.89. The summed E-state index contributed by atoms with van der Waals surface area (Å²) in [6.07, 6.45) is 9.12. The molecule has 1 aromatic rings. The molecule has 3 aliphatic rings. The van der Waals surface area contributed by atoms with Gasteiger partial charge in [0.25, 0.3) is 0 Å². The van der Waals surface area contributed by atoms with Gasteiger partial charge in [0.15, 0.2) is 5.78 Å². The van der Waals surface area contributed by atoms with E-state index < -0.39 is 0 Å². The van der Waals surface area contributed by atoms with Crippen molar-refractivity contribution in [1.82, 2.24) is 0 Å². The summed E-state index contributed by atoms with van der Waals surface area (Å²) in [4.78, 5) is 12.5. The Balaban J connectivity index is 1.90. The number of rotatable bonds is 2. The van der Waals surface area contributed by atoms with Gasteiger partial charge in [0.1, 0.15) is 0 Å². The molecule has 21 heavy (non-hydrogen) atoms. The van der Waals surface area contributed by atoms with Crippen molar-refractivity contribution in [3.8, 4) is 0 Å². The number of Topliss-reactive ketones (excluding diaryl/α,β-unsaturated/α-hetero) is 1. The van der Waals surface area contributed by atoms with E-state index in [0.29, 0.717) is 17.1 Å². The molecule has 2 unspecified atom stereocenters. The summed E-state index contributed by atoms with van der Waals surface area (Å²) < 4.78 is 0. The molecule has 1 spiro atoms. The Morgan fingerprint density at radius 1 is 1.33 bits per heavy atom. The highest BCUT2D eigenvalue weighted by Gasteiger charge is 2.52. The van der Waals surface area contributed by atoms with E-state index in [9.17, 15) is 4.79 Å². The van der Waals surface area contributed by atoms with Gasteiger partial charge < -0.3 is 0 Å². The van der Waals surface area contributed by atoms with E-state index in [4.69, 9.17) is 0 Å². The summed E-state index contributed by atoms with van der Waals surface area (Å²) in [5, 5.41) is 0. The van der Waals surface area contributed by atoms with Gasteiger partial charge in [-0.2, -0.15) is 0 Å². The molecule has 1 fully saturated rings. The van der Waals surface area contributed by atoms with Crippen LogP contribution < -0.4 is 0 Å². The third kappa shape index (κ3) is 1.86. The normalized spacial score (nSPS) is 30.1. The van der Waals surface area contributed by atoms with E-state index in [1.165, 1.54) is 30.4 Å². The van der Waals surface area contributed by atoms with Gasteiger partial charge in [-0.1, -0.05) is 43.7 Å². The summed E-state index contributed by atoms with van der Waals surface area (Å²) in [5.74, 6) is 1.77. The summed E-state index contributed by atoms with van der Waals surface area (Å²) in [6, 6.07) is 6.46. The molecule has 1 heteroatoms. The highest BCUT2D eigenvalue weighted by molar-refractivity contribution is 5.99. The minimum Gasteiger partial charge on any atom is -0.294 e. The van der Waals surface area contributed by atoms with Crippen molar-refractivity contribution in [3.63, 3.8) is 0 Å². The third-order valence-electron chi connectivity index (χ3n) is 5.90. The fourth-order valence-corrected chi connectivity index (χ4v) is 5.12. The van der Waals surface area contributed by atoms with Gasteiger partial charge in [0.2, 0.25) is 0 Å². The number of hydrogen-bond acceptors (Lipinski definition) is 1. The average molecular weight is 280 g/mol. The van der Waals surface area contributed by atoms with Crippen LogP contribution in [-0.2, 0) is 11.8 Å². The Morgan fingerprint density at radius 2 is 2.19 bits per heavy atom. The highest BCUT2D eigenvalue weighted by atomic mass is 16.1.